The topological polar surface area (TPSA) is 111 Å². The normalized spacial score (nSPS) is 12.4. The first-order valence-electron chi connectivity index (χ1n) is 14.9. The van der Waals surface area contributed by atoms with Crippen molar-refractivity contribution in [3.8, 4) is 0 Å². The van der Waals surface area contributed by atoms with E-state index in [1.807, 2.05) is 44.2 Å². The maximum Gasteiger partial charge on any atom is 0.407 e. The van der Waals surface area contributed by atoms with Crippen molar-refractivity contribution in [3.63, 3.8) is 0 Å². The summed E-state index contributed by atoms with van der Waals surface area (Å²) in [4.78, 5) is 47.0. The minimum Gasteiger partial charge on any atom is -0.444 e. The number of benzene rings is 2. The fourth-order valence-electron chi connectivity index (χ4n) is 5.06. The van der Waals surface area contributed by atoms with Crippen molar-refractivity contribution in [3.05, 3.63) is 98.1 Å². The van der Waals surface area contributed by atoms with Gasteiger partial charge in [-0.3, -0.25) is 9.36 Å². The van der Waals surface area contributed by atoms with E-state index < -0.39 is 35.2 Å². The van der Waals surface area contributed by atoms with Crippen molar-refractivity contribution in [1.82, 2.24) is 29.4 Å². The molecule has 10 nitrogen and oxygen atoms in total. The molecule has 1 N–H and O–H groups in total. The summed E-state index contributed by atoms with van der Waals surface area (Å²) in [5.74, 6) is -0.881. The summed E-state index contributed by atoms with van der Waals surface area (Å²) in [6.07, 6.45) is -0.226. The number of hydrogen-bond donors (Lipinski definition) is 1. The van der Waals surface area contributed by atoms with Crippen LogP contribution in [0.2, 0.25) is 5.02 Å². The third-order valence-corrected chi connectivity index (χ3v) is 7.66. The van der Waals surface area contributed by atoms with Gasteiger partial charge in [-0.05, 0) is 70.2 Å². The first-order chi connectivity index (χ1) is 21.2. The van der Waals surface area contributed by atoms with E-state index in [-0.39, 0.29) is 41.8 Å². The molecule has 1 atom stereocenters. The van der Waals surface area contributed by atoms with Gasteiger partial charge in [0.25, 0.3) is 5.91 Å². The lowest BCUT2D eigenvalue weighted by Crippen LogP contribution is -2.43. The molecule has 4 rings (SSSR count). The summed E-state index contributed by atoms with van der Waals surface area (Å²) in [5.41, 5.74) is 0.922. The molecule has 0 bridgehead atoms. The van der Waals surface area contributed by atoms with Gasteiger partial charge in [-0.25, -0.2) is 19.0 Å². The van der Waals surface area contributed by atoms with Crippen molar-refractivity contribution in [1.29, 1.82) is 0 Å². The SMILES string of the molecule is Cc1ccc(C(=O)N(CCCNC(=O)OC(C)(C)C)C(c2nc3c(Cl)c(C)nn3c(=O)n2Cc2ccccc2)C(C)C)cc1F. The largest absolute Gasteiger partial charge is 0.444 e. The van der Waals surface area contributed by atoms with Gasteiger partial charge in [0, 0.05) is 18.7 Å². The predicted molar refractivity (Wildman–Crippen MR) is 171 cm³/mol. The first-order valence-corrected chi connectivity index (χ1v) is 15.3. The van der Waals surface area contributed by atoms with Crippen LogP contribution >= 0.6 is 11.6 Å². The van der Waals surface area contributed by atoms with Crippen LogP contribution in [-0.4, -0.2) is 54.8 Å². The van der Waals surface area contributed by atoms with Crippen LogP contribution in [0.5, 0.6) is 0 Å². The molecular formula is C33H40ClFN6O4. The quantitative estimate of drug-likeness (QED) is 0.210. The number of aromatic nitrogens is 4. The molecule has 2 heterocycles. The Morgan fingerprint density at radius 1 is 1.11 bits per heavy atom. The highest BCUT2D eigenvalue weighted by atomic mass is 35.5. The van der Waals surface area contributed by atoms with Crippen LogP contribution < -0.4 is 11.0 Å². The summed E-state index contributed by atoms with van der Waals surface area (Å²) in [5, 5.41) is 7.29. The Kier molecular flexibility index (Phi) is 10.3. The molecule has 2 amide bonds. The van der Waals surface area contributed by atoms with E-state index in [4.69, 9.17) is 21.3 Å². The van der Waals surface area contributed by atoms with E-state index in [0.717, 1.165) is 5.56 Å². The maximum atomic E-state index is 14.7. The fourth-order valence-corrected chi connectivity index (χ4v) is 5.22. The van der Waals surface area contributed by atoms with Crippen molar-refractivity contribution in [2.75, 3.05) is 13.1 Å². The third-order valence-electron chi connectivity index (χ3n) is 7.21. The predicted octanol–water partition coefficient (Wildman–Crippen LogP) is 6.10. The lowest BCUT2D eigenvalue weighted by molar-refractivity contribution is 0.0519. The average Bonchev–Trinajstić information content (AvgIpc) is 3.25. The van der Waals surface area contributed by atoms with Crippen LogP contribution in [0.25, 0.3) is 5.65 Å². The van der Waals surface area contributed by atoms with Crippen molar-refractivity contribution in [2.45, 2.75) is 73.1 Å². The van der Waals surface area contributed by atoms with E-state index in [2.05, 4.69) is 10.4 Å². The van der Waals surface area contributed by atoms with Crippen molar-refractivity contribution < 1.29 is 18.7 Å². The number of ether oxygens (including phenoxy) is 1. The van der Waals surface area contributed by atoms with E-state index in [0.29, 0.717) is 23.5 Å². The van der Waals surface area contributed by atoms with Crippen molar-refractivity contribution >= 4 is 29.2 Å². The summed E-state index contributed by atoms with van der Waals surface area (Å²) >= 11 is 6.56. The zero-order valence-corrected chi connectivity index (χ0v) is 27.5. The third kappa shape index (κ3) is 7.89. The molecule has 2 aromatic heterocycles. The van der Waals surface area contributed by atoms with Crippen LogP contribution in [0.15, 0.2) is 53.3 Å². The van der Waals surface area contributed by atoms with Gasteiger partial charge in [0.2, 0.25) is 0 Å². The molecule has 12 heteroatoms. The van der Waals surface area contributed by atoms with Gasteiger partial charge < -0.3 is 15.0 Å². The number of nitrogens with one attached hydrogen (secondary N) is 1. The Morgan fingerprint density at radius 2 is 1.80 bits per heavy atom. The smallest absolute Gasteiger partial charge is 0.407 e. The Labute approximate surface area is 267 Å². The number of fused-ring (bicyclic) bond motifs is 1. The highest BCUT2D eigenvalue weighted by molar-refractivity contribution is 6.34. The van der Waals surface area contributed by atoms with Gasteiger partial charge in [-0.2, -0.15) is 9.61 Å². The molecule has 0 saturated heterocycles. The Balaban J connectivity index is 1.82. The summed E-state index contributed by atoms with van der Waals surface area (Å²) < 4.78 is 22.7. The molecule has 0 aliphatic carbocycles. The highest BCUT2D eigenvalue weighted by Gasteiger charge is 2.34. The summed E-state index contributed by atoms with van der Waals surface area (Å²) in [6.45, 7) is 13.0. The first kappa shape index (κ1) is 33.6. The van der Waals surface area contributed by atoms with Gasteiger partial charge in [-0.1, -0.05) is 61.8 Å². The van der Waals surface area contributed by atoms with E-state index in [9.17, 15) is 18.8 Å². The summed E-state index contributed by atoms with van der Waals surface area (Å²) in [6, 6.07) is 13.0. The molecule has 4 aromatic rings. The van der Waals surface area contributed by atoms with Crippen LogP contribution in [0, 0.1) is 25.6 Å². The number of hydrogen-bond acceptors (Lipinski definition) is 6. The van der Waals surface area contributed by atoms with Crippen LogP contribution in [0.1, 0.15) is 80.1 Å². The molecule has 240 valence electrons. The van der Waals surface area contributed by atoms with E-state index in [1.165, 1.54) is 15.1 Å². The number of rotatable bonds is 10. The average molecular weight is 639 g/mol. The number of nitrogens with zero attached hydrogens (tertiary/aromatic N) is 5. The lowest BCUT2D eigenvalue weighted by Gasteiger charge is -2.35. The Morgan fingerprint density at radius 3 is 2.42 bits per heavy atom. The molecule has 0 radical (unpaired) electrons. The second-order valence-corrected chi connectivity index (χ2v) is 12.8. The monoisotopic (exact) mass is 638 g/mol. The molecule has 0 spiro atoms. The zero-order chi connectivity index (χ0) is 33.1. The molecular weight excluding hydrogens is 599 g/mol. The minimum absolute atomic E-state index is 0.153. The minimum atomic E-state index is -0.740. The zero-order valence-electron chi connectivity index (χ0n) is 26.7. The molecule has 0 fully saturated rings. The number of aryl methyl sites for hydroxylation is 2. The van der Waals surface area contributed by atoms with Crippen molar-refractivity contribution in [2.24, 2.45) is 5.92 Å². The second-order valence-electron chi connectivity index (χ2n) is 12.4. The second kappa shape index (κ2) is 13.8. The molecule has 2 aromatic carbocycles. The summed E-state index contributed by atoms with van der Waals surface area (Å²) in [7, 11) is 0. The fraction of sp³-hybridized carbons (Fsp3) is 0.424. The molecule has 45 heavy (non-hydrogen) atoms. The standard InChI is InChI=1S/C33H40ClFN6O4/c1-20(2)27(29-37-28-26(34)22(4)38-41(28)32(44)40(29)19-23-12-9-8-10-13-23)39(17-11-16-36-31(43)45-33(5,6)7)30(42)24-15-14-21(3)25(35)18-24/h8-10,12-15,18,20,27H,11,16-17,19H2,1-7H3,(H,36,43). The van der Waals surface area contributed by atoms with Crippen LogP contribution in [0.4, 0.5) is 9.18 Å². The molecule has 1 unspecified atom stereocenters. The number of carbonyl (C=O) groups excluding carboxylic acids is 2. The van der Waals surface area contributed by atoms with Gasteiger partial charge in [0.15, 0.2) is 5.65 Å². The Bertz CT molecular complexity index is 1750. The number of halogens is 2. The maximum absolute atomic E-state index is 14.7. The number of amides is 2. The van der Waals surface area contributed by atoms with Gasteiger partial charge in [0.1, 0.15) is 22.3 Å². The molecule has 0 aliphatic rings. The van der Waals surface area contributed by atoms with Gasteiger partial charge >= 0.3 is 11.8 Å². The van der Waals surface area contributed by atoms with Crippen LogP contribution in [-0.2, 0) is 11.3 Å². The Hall–Kier alpha value is -4.25. The lowest BCUT2D eigenvalue weighted by atomic mass is 9.99. The van der Waals surface area contributed by atoms with E-state index in [1.54, 1.807) is 51.7 Å². The molecule has 0 aliphatic heterocycles. The molecule has 0 saturated carbocycles. The highest BCUT2D eigenvalue weighted by Crippen LogP contribution is 2.31. The van der Waals surface area contributed by atoms with Gasteiger partial charge in [0.05, 0.1) is 18.3 Å². The number of alkyl carbamates (subject to hydrolysis) is 1. The van der Waals surface area contributed by atoms with E-state index >= 15 is 0 Å². The van der Waals surface area contributed by atoms with Crippen LogP contribution in [0.3, 0.4) is 0 Å². The number of carbonyl (C=O) groups is 2. The van der Waals surface area contributed by atoms with Gasteiger partial charge in [-0.15, -0.1) is 0 Å².